The van der Waals surface area contributed by atoms with Gasteiger partial charge in [0.05, 0.1) is 16.3 Å². The van der Waals surface area contributed by atoms with Gasteiger partial charge in [-0.05, 0) is 36.4 Å². The number of nitrogens with one attached hydrogen (secondary N) is 2. The summed E-state index contributed by atoms with van der Waals surface area (Å²) in [5.41, 5.74) is 6.89. The number of carbonyl (C=O) groups is 1. The lowest BCUT2D eigenvalue weighted by Crippen LogP contribution is -2.34. The molecule has 0 aliphatic heterocycles. The van der Waals surface area contributed by atoms with Crippen LogP contribution < -0.4 is 27.2 Å². The van der Waals surface area contributed by atoms with E-state index in [0.29, 0.717) is 16.1 Å². The molecule has 3 rings (SSSR count). The predicted octanol–water partition coefficient (Wildman–Crippen LogP) is 0.525. The molecule has 6 nitrogen and oxygen atoms in total. The highest BCUT2D eigenvalue weighted by Crippen LogP contribution is 2.08. The zero-order valence-corrected chi connectivity index (χ0v) is 12.8. The van der Waals surface area contributed by atoms with Gasteiger partial charge in [-0.25, -0.2) is 4.68 Å². The highest BCUT2D eigenvalue weighted by Gasteiger charge is 2.04. The van der Waals surface area contributed by atoms with Gasteiger partial charge in [-0.3, -0.25) is 14.7 Å². The van der Waals surface area contributed by atoms with Gasteiger partial charge in [0.25, 0.3) is 5.56 Å². The molecule has 4 N–H and O–H groups in total. The van der Waals surface area contributed by atoms with Gasteiger partial charge in [-0.2, -0.15) is 0 Å². The summed E-state index contributed by atoms with van der Waals surface area (Å²) in [5, 5.41) is 6.91. The Morgan fingerprint density at radius 2 is 1.79 bits per heavy atom. The Morgan fingerprint density at radius 1 is 1.12 bits per heavy atom. The van der Waals surface area contributed by atoms with Gasteiger partial charge in [-0.15, -0.1) is 0 Å². The van der Waals surface area contributed by atoms with Gasteiger partial charge in [0.15, 0.2) is 0 Å². The molecule has 0 saturated carbocycles. The first-order valence-electron chi connectivity index (χ1n) is 7.28. The summed E-state index contributed by atoms with van der Waals surface area (Å²) in [7, 11) is 0. The molecule has 6 heteroatoms. The van der Waals surface area contributed by atoms with Crippen LogP contribution in [-0.2, 0) is 0 Å². The van der Waals surface area contributed by atoms with E-state index in [1.165, 1.54) is 4.68 Å². The molecule has 0 spiro atoms. The molecule has 0 atom stereocenters. The van der Waals surface area contributed by atoms with Gasteiger partial charge >= 0.3 is 0 Å². The number of hydrogen-bond donors (Lipinski definition) is 3. The van der Waals surface area contributed by atoms with Crippen LogP contribution in [0.5, 0.6) is 0 Å². The third-order valence-electron chi connectivity index (χ3n) is 3.57. The summed E-state index contributed by atoms with van der Waals surface area (Å²) >= 11 is 0. The predicted molar refractivity (Wildman–Crippen MR) is 94.2 cm³/mol. The van der Waals surface area contributed by atoms with Gasteiger partial charge in [0, 0.05) is 17.5 Å². The van der Waals surface area contributed by atoms with E-state index in [-0.39, 0.29) is 5.56 Å². The first kappa shape index (κ1) is 15.4. The van der Waals surface area contributed by atoms with Crippen molar-refractivity contribution in [3.8, 4) is 5.69 Å². The molecule has 3 aromatic rings. The van der Waals surface area contributed by atoms with E-state index in [1.54, 1.807) is 30.5 Å². The van der Waals surface area contributed by atoms with E-state index in [2.05, 4.69) is 17.0 Å². The standard InChI is InChI=1S/C18H16N4O2/c1-12-16(11-20-14-9-7-13(8-10-14)17(19)23)18(24)22(21-12)15-5-3-2-4-6-15/h2-11,20-21H,1H2,(H2,19,23)/b16-11-. The average molecular weight is 320 g/mol. The number of rotatable bonds is 4. The molecule has 0 aliphatic carbocycles. The summed E-state index contributed by atoms with van der Waals surface area (Å²) in [5.74, 6) is -0.484. The van der Waals surface area contributed by atoms with Crippen molar-refractivity contribution in [3.05, 3.63) is 81.1 Å². The third-order valence-corrected chi connectivity index (χ3v) is 3.57. The van der Waals surface area contributed by atoms with E-state index in [4.69, 9.17) is 5.73 Å². The molecule has 0 bridgehead atoms. The van der Waals surface area contributed by atoms with E-state index in [9.17, 15) is 9.59 Å². The van der Waals surface area contributed by atoms with Gasteiger partial charge in [0.2, 0.25) is 5.91 Å². The van der Waals surface area contributed by atoms with E-state index < -0.39 is 5.91 Å². The number of anilines is 1. The number of benzene rings is 2. The number of carbonyl (C=O) groups excluding carboxylic acids is 1. The number of aromatic amines is 1. The Kier molecular flexibility index (Phi) is 4.03. The van der Waals surface area contributed by atoms with Crippen LogP contribution in [0.2, 0.25) is 0 Å². The average Bonchev–Trinajstić information content (AvgIpc) is 2.88. The lowest BCUT2D eigenvalue weighted by Gasteiger charge is -2.00. The van der Waals surface area contributed by atoms with Crippen molar-refractivity contribution in [1.82, 2.24) is 9.78 Å². The molecule has 1 aromatic heterocycles. The number of nitrogens with two attached hydrogens (primary N) is 1. The monoisotopic (exact) mass is 320 g/mol. The van der Waals surface area contributed by atoms with Crippen molar-refractivity contribution in [2.24, 2.45) is 5.73 Å². The van der Waals surface area contributed by atoms with Crippen LogP contribution in [0.3, 0.4) is 0 Å². The van der Waals surface area contributed by atoms with Crippen molar-refractivity contribution in [3.63, 3.8) is 0 Å². The molecule has 120 valence electrons. The second-order valence-electron chi connectivity index (χ2n) is 5.21. The summed E-state index contributed by atoms with van der Waals surface area (Å²) in [4.78, 5) is 23.6. The normalized spacial score (nSPS) is 11.4. The maximum Gasteiger partial charge on any atom is 0.280 e. The minimum absolute atomic E-state index is 0.201. The van der Waals surface area contributed by atoms with Crippen LogP contribution >= 0.6 is 0 Å². The molecule has 24 heavy (non-hydrogen) atoms. The maximum atomic E-state index is 12.5. The Bertz CT molecular complexity index is 1030. The number of nitrogens with zero attached hydrogens (tertiary/aromatic N) is 1. The second-order valence-corrected chi connectivity index (χ2v) is 5.21. The molecule has 1 amide bonds. The molecule has 0 saturated heterocycles. The number of aromatic nitrogens is 2. The van der Waals surface area contributed by atoms with Crippen LogP contribution in [0.1, 0.15) is 10.4 Å². The lowest BCUT2D eigenvalue weighted by molar-refractivity contribution is 0.100. The van der Waals surface area contributed by atoms with Crippen molar-refractivity contribution >= 4 is 24.4 Å². The zero-order chi connectivity index (χ0) is 17.1. The molecule has 0 radical (unpaired) electrons. The molecular weight excluding hydrogens is 304 g/mol. The highest BCUT2D eigenvalue weighted by molar-refractivity contribution is 5.93. The molecule has 0 fully saturated rings. The Balaban J connectivity index is 1.94. The first-order valence-corrected chi connectivity index (χ1v) is 7.28. The van der Waals surface area contributed by atoms with Gasteiger partial charge in [-0.1, -0.05) is 24.8 Å². The summed E-state index contributed by atoms with van der Waals surface area (Å²) in [6.07, 6.45) is 1.58. The molecular formula is C18H16N4O2. The maximum absolute atomic E-state index is 12.5. The fraction of sp³-hybridized carbons (Fsp3) is 0. The Morgan fingerprint density at radius 3 is 2.42 bits per heavy atom. The summed E-state index contributed by atoms with van der Waals surface area (Å²) < 4.78 is 1.44. The Labute approximate surface area is 137 Å². The van der Waals surface area contributed by atoms with E-state index >= 15 is 0 Å². The quantitative estimate of drug-likeness (QED) is 0.654. The van der Waals surface area contributed by atoms with E-state index in [0.717, 1.165) is 11.4 Å². The van der Waals surface area contributed by atoms with Crippen molar-refractivity contribution in [1.29, 1.82) is 0 Å². The molecule has 0 unspecified atom stereocenters. The van der Waals surface area contributed by atoms with Gasteiger partial charge in [0.1, 0.15) is 0 Å². The topological polar surface area (TPSA) is 92.9 Å². The highest BCUT2D eigenvalue weighted by atomic mass is 16.1. The van der Waals surface area contributed by atoms with Crippen LogP contribution in [0.4, 0.5) is 5.69 Å². The van der Waals surface area contributed by atoms with Gasteiger partial charge < -0.3 is 11.1 Å². The number of hydrogen-bond acceptors (Lipinski definition) is 3. The van der Waals surface area contributed by atoms with Crippen molar-refractivity contribution < 1.29 is 4.79 Å². The fourth-order valence-electron chi connectivity index (χ4n) is 2.29. The lowest BCUT2D eigenvalue weighted by atomic mass is 10.2. The Hall–Kier alpha value is -3.54. The SMILES string of the molecule is C=c1[nH]n(-c2ccccc2)c(=O)/c1=C\Nc1ccc(C(N)=O)cc1. The minimum Gasteiger partial charge on any atom is -0.366 e. The largest absolute Gasteiger partial charge is 0.366 e. The minimum atomic E-state index is -0.484. The summed E-state index contributed by atoms with van der Waals surface area (Å²) in [6, 6.07) is 15.9. The number of H-pyrrole nitrogens is 1. The number of primary amides is 1. The number of para-hydroxylation sites is 1. The molecule has 0 aliphatic rings. The zero-order valence-electron chi connectivity index (χ0n) is 12.8. The fourth-order valence-corrected chi connectivity index (χ4v) is 2.29. The van der Waals surface area contributed by atoms with Crippen molar-refractivity contribution in [2.45, 2.75) is 0 Å². The number of amides is 1. The molecule has 1 heterocycles. The first-order chi connectivity index (χ1) is 11.6. The van der Waals surface area contributed by atoms with Crippen LogP contribution in [0, 0.1) is 0 Å². The van der Waals surface area contributed by atoms with Crippen LogP contribution in [0.25, 0.3) is 18.5 Å². The van der Waals surface area contributed by atoms with Crippen LogP contribution in [-0.4, -0.2) is 15.7 Å². The third kappa shape index (κ3) is 2.98. The van der Waals surface area contributed by atoms with Crippen LogP contribution in [0.15, 0.2) is 59.4 Å². The molecule has 2 aromatic carbocycles. The smallest absolute Gasteiger partial charge is 0.280 e. The summed E-state index contributed by atoms with van der Waals surface area (Å²) in [6.45, 7) is 3.87. The van der Waals surface area contributed by atoms with E-state index in [1.807, 2.05) is 30.3 Å². The second kappa shape index (κ2) is 6.29. The van der Waals surface area contributed by atoms with Crippen molar-refractivity contribution in [2.75, 3.05) is 5.32 Å².